The molecular weight excluding hydrogens is 374 g/mol. The predicted octanol–water partition coefficient (Wildman–Crippen LogP) is 1.22. The fourth-order valence-corrected chi connectivity index (χ4v) is 2.54. The van der Waals surface area contributed by atoms with Crippen molar-refractivity contribution >= 4 is 40.7 Å². The summed E-state index contributed by atoms with van der Waals surface area (Å²) in [6.45, 7) is 5.15. The molecule has 6 N–H and O–H groups in total. The van der Waals surface area contributed by atoms with Gasteiger partial charge in [-0.05, 0) is 30.2 Å². The van der Waals surface area contributed by atoms with E-state index < -0.39 is 17.9 Å². The minimum Gasteiger partial charge on any atom is -0.368 e. The van der Waals surface area contributed by atoms with Crippen molar-refractivity contribution in [2.24, 2.45) is 17.4 Å². The van der Waals surface area contributed by atoms with Crippen LogP contribution in [-0.4, -0.2) is 40.8 Å². The van der Waals surface area contributed by atoms with Crippen molar-refractivity contribution in [3.8, 4) is 0 Å². The molecule has 0 fully saturated rings. The molecule has 0 aliphatic heterocycles. The number of nitrogens with one attached hydrogen (secondary N) is 2. The number of amides is 3. The number of primary amides is 2. The van der Waals surface area contributed by atoms with Crippen LogP contribution in [0.3, 0.4) is 0 Å². The number of nitrogens with two attached hydrogens (primary N) is 2. The number of hydrogen-bond acceptors (Lipinski definition) is 7. The fourth-order valence-electron chi connectivity index (χ4n) is 2.54. The molecule has 0 saturated carbocycles. The number of carbonyl (C=O) groups excluding carboxylic acids is 3. The quantitative estimate of drug-likeness (QED) is 0.520. The molecular formula is C19H25N7O3. The molecule has 0 radical (unpaired) electrons. The molecule has 0 aliphatic carbocycles. The predicted molar refractivity (Wildman–Crippen MR) is 111 cm³/mol. The molecule has 2 rings (SSSR count). The molecule has 10 nitrogen and oxygen atoms in total. The van der Waals surface area contributed by atoms with Gasteiger partial charge in [0.05, 0.1) is 6.20 Å². The third-order valence-corrected chi connectivity index (χ3v) is 4.27. The average molecular weight is 399 g/mol. The van der Waals surface area contributed by atoms with E-state index >= 15 is 0 Å². The number of anilines is 4. The van der Waals surface area contributed by atoms with Gasteiger partial charge in [0, 0.05) is 25.3 Å². The molecule has 2 aromatic rings. The second-order valence-corrected chi connectivity index (χ2v) is 6.84. The lowest BCUT2D eigenvalue weighted by molar-refractivity contribution is -0.119. The Morgan fingerprint density at radius 3 is 2.21 bits per heavy atom. The fraction of sp³-hybridized carbons (Fsp3) is 0.316. The van der Waals surface area contributed by atoms with Gasteiger partial charge in [0.15, 0.2) is 11.5 Å². The zero-order chi connectivity index (χ0) is 21.7. The van der Waals surface area contributed by atoms with Gasteiger partial charge in [0.1, 0.15) is 11.9 Å². The third kappa shape index (κ3) is 5.41. The van der Waals surface area contributed by atoms with Gasteiger partial charge in [-0.25, -0.2) is 9.97 Å². The van der Waals surface area contributed by atoms with Crippen LogP contribution in [0.4, 0.5) is 23.0 Å². The van der Waals surface area contributed by atoms with Gasteiger partial charge in [0.25, 0.3) is 5.91 Å². The molecule has 10 heteroatoms. The van der Waals surface area contributed by atoms with Gasteiger partial charge >= 0.3 is 0 Å². The molecule has 0 saturated heterocycles. The largest absolute Gasteiger partial charge is 0.368 e. The van der Waals surface area contributed by atoms with Gasteiger partial charge < -0.3 is 27.0 Å². The minimum atomic E-state index is -0.755. The van der Waals surface area contributed by atoms with Crippen LogP contribution < -0.4 is 27.0 Å². The third-order valence-electron chi connectivity index (χ3n) is 4.27. The van der Waals surface area contributed by atoms with Gasteiger partial charge in [-0.3, -0.25) is 14.4 Å². The summed E-state index contributed by atoms with van der Waals surface area (Å²) in [5.41, 5.74) is 12.1. The smallest absolute Gasteiger partial charge is 0.271 e. The van der Waals surface area contributed by atoms with Crippen LogP contribution in [0.25, 0.3) is 0 Å². The van der Waals surface area contributed by atoms with E-state index in [0.29, 0.717) is 11.4 Å². The van der Waals surface area contributed by atoms with E-state index in [-0.39, 0.29) is 29.2 Å². The molecule has 1 atom stereocenters. The summed E-state index contributed by atoms with van der Waals surface area (Å²) >= 11 is 0. The first-order chi connectivity index (χ1) is 13.6. The second-order valence-electron chi connectivity index (χ2n) is 6.84. The van der Waals surface area contributed by atoms with Crippen LogP contribution in [0.1, 0.15) is 31.3 Å². The van der Waals surface area contributed by atoms with E-state index in [0.717, 1.165) is 0 Å². The number of hydrogen-bond donors (Lipinski definition) is 4. The van der Waals surface area contributed by atoms with E-state index in [1.807, 2.05) is 13.8 Å². The topological polar surface area (TPSA) is 156 Å². The summed E-state index contributed by atoms with van der Waals surface area (Å²) in [6.07, 6.45) is 1.31. The van der Waals surface area contributed by atoms with Crippen molar-refractivity contribution in [1.82, 2.24) is 9.97 Å². The summed E-state index contributed by atoms with van der Waals surface area (Å²) in [5.74, 6) is -1.06. The highest BCUT2D eigenvalue weighted by Crippen LogP contribution is 2.23. The highest BCUT2D eigenvalue weighted by Gasteiger charge is 2.21. The molecule has 1 aromatic heterocycles. The van der Waals surface area contributed by atoms with Crippen LogP contribution >= 0.6 is 0 Å². The normalized spacial score (nSPS) is 11.6. The first-order valence-corrected chi connectivity index (χ1v) is 8.94. The van der Waals surface area contributed by atoms with Crippen LogP contribution in [0.5, 0.6) is 0 Å². The number of nitrogens with zero attached hydrogens (tertiary/aromatic N) is 3. The molecule has 0 spiro atoms. The Morgan fingerprint density at radius 2 is 1.72 bits per heavy atom. The Hall–Kier alpha value is -3.69. The summed E-state index contributed by atoms with van der Waals surface area (Å²) in [7, 11) is 1.67. The molecule has 29 heavy (non-hydrogen) atoms. The highest BCUT2D eigenvalue weighted by molar-refractivity contribution is 5.96. The van der Waals surface area contributed by atoms with Crippen LogP contribution in [0, 0.1) is 5.92 Å². The van der Waals surface area contributed by atoms with Crippen LogP contribution in [0.15, 0.2) is 30.5 Å². The highest BCUT2D eigenvalue weighted by atomic mass is 16.2. The lowest BCUT2D eigenvalue weighted by Crippen LogP contribution is -2.39. The Balaban J connectivity index is 2.31. The van der Waals surface area contributed by atoms with Crippen LogP contribution in [0.2, 0.25) is 0 Å². The Kier molecular flexibility index (Phi) is 6.71. The molecule has 1 aromatic carbocycles. The van der Waals surface area contributed by atoms with E-state index in [1.165, 1.54) is 18.0 Å². The Bertz CT molecular complexity index is 913. The Morgan fingerprint density at radius 1 is 1.10 bits per heavy atom. The second kappa shape index (κ2) is 9.00. The lowest BCUT2D eigenvalue weighted by atomic mass is 10.0. The van der Waals surface area contributed by atoms with Gasteiger partial charge in [-0.2, -0.15) is 0 Å². The molecule has 3 amide bonds. The van der Waals surface area contributed by atoms with Crippen molar-refractivity contribution in [2.45, 2.75) is 26.8 Å². The van der Waals surface area contributed by atoms with Gasteiger partial charge in [-0.1, -0.05) is 13.8 Å². The van der Waals surface area contributed by atoms with Crippen molar-refractivity contribution < 1.29 is 14.4 Å². The van der Waals surface area contributed by atoms with Gasteiger partial charge in [-0.15, -0.1) is 0 Å². The van der Waals surface area contributed by atoms with Gasteiger partial charge in [0.2, 0.25) is 11.8 Å². The zero-order valence-corrected chi connectivity index (χ0v) is 16.8. The zero-order valence-electron chi connectivity index (χ0n) is 16.8. The maximum Gasteiger partial charge on any atom is 0.271 e. The molecule has 154 valence electrons. The van der Waals surface area contributed by atoms with E-state index in [1.54, 1.807) is 31.3 Å². The first kappa shape index (κ1) is 21.6. The number of benzene rings is 1. The van der Waals surface area contributed by atoms with Crippen molar-refractivity contribution in [2.75, 3.05) is 22.6 Å². The van der Waals surface area contributed by atoms with Crippen molar-refractivity contribution in [1.29, 1.82) is 0 Å². The summed E-state index contributed by atoms with van der Waals surface area (Å²) in [6, 6.07) is 6.28. The standard InChI is InChI=1S/C19H25N7O3/c1-10(2)15(17(20)28)24-14-9-22-16(18(21)29)19(25-14)23-12-5-7-13(8-6-12)26(4)11(3)27/h5-10,15H,1-4H3,(H2,20,28)(H2,21,29)(H2,23,24,25). The van der Waals surface area contributed by atoms with E-state index in [2.05, 4.69) is 20.6 Å². The van der Waals surface area contributed by atoms with E-state index in [9.17, 15) is 14.4 Å². The summed E-state index contributed by atoms with van der Waals surface area (Å²) < 4.78 is 0. The average Bonchev–Trinajstić information content (AvgIpc) is 2.65. The van der Waals surface area contributed by atoms with Crippen molar-refractivity contribution in [3.05, 3.63) is 36.2 Å². The minimum absolute atomic E-state index is 0.0550. The summed E-state index contributed by atoms with van der Waals surface area (Å²) in [5, 5.41) is 5.91. The molecule has 0 bridgehead atoms. The lowest BCUT2D eigenvalue weighted by Gasteiger charge is -2.20. The van der Waals surface area contributed by atoms with E-state index in [4.69, 9.17) is 11.5 Å². The maximum absolute atomic E-state index is 11.7. The monoisotopic (exact) mass is 399 g/mol. The molecule has 0 aliphatic rings. The molecule has 1 heterocycles. The first-order valence-electron chi connectivity index (χ1n) is 8.94. The van der Waals surface area contributed by atoms with Crippen LogP contribution in [-0.2, 0) is 9.59 Å². The summed E-state index contributed by atoms with van der Waals surface area (Å²) in [4.78, 5) is 44.7. The molecule has 1 unspecified atom stereocenters. The number of carbonyl (C=O) groups is 3. The Labute approximate surface area is 168 Å². The number of rotatable bonds is 8. The van der Waals surface area contributed by atoms with Crippen molar-refractivity contribution in [3.63, 3.8) is 0 Å². The SMILES string of the molecule is CC(=O)N(C)c1ccc(Nc2nc(NC(C(N)=O)C(C)C)cnc2C(N)=O)cc1. The maximum atomic E-state index is 11.7. The number of aromatic nitrogens is 2.